The molecule has 6 rings (SSSR count). The van der Waals surface area contributed by atoms with Gasteiger partial charge in [0.05, 0.1) is 0 Å². The molecule has 3 aromatic heterocycles. The molecule has 1 atom stereocenters. The van der Waals surface area contributed by atoms with Crippen LogP contribution in [0.15, 0.2) is 41.9 Å². The van der Waals surface area contributed by atoms with Crippen molar-refractivity contribution < 1.29 is 9.59 Å². The predicted molar refractivity (Wildman–Crippen MR) is 133 cm³/mol. The first kappa shape index (κ1) is 22.3. The van der Waals surface area contributed by atoms with Crippen LogP contribution in [0, 0.1) is 0 Å². The third-order valence-electron chi connectivity index (χ3n) is 6.54. The lowest BCUT2D eigenvalue weighted by Crippen LogP contribution is -2.55. The Bertz CT molecular complexity index is 1400. The number of carbonyl (C=O) groups is 2. The lowest BCUT2D eigenvalue weighted by molar-refractivity contribution is -0.133. The average Bonchev–Trinajstić information content (AvgIpc) is 3.69. The second-order valence-corrected chi connectivity index (χ2v) is 9.60. The second kappa shape index (κ2) is 9.15. The summed E-state index contributed by atoms with van der Waals surface area (Å²) in [6.45, 7) is 2.63. The number of benzene rings is 1. The minimum atomic E-state index is -0.385. The molecule has 2 fully saturated rings. The van der Waals surface area contributed by atoms with Crippen LogP contribution < -0.4 is 10.6 Å². The number of nitrogens with two attached hydrogens (primary N) is 1. The molecule has 2 N–H and O–H groups in total. The number of thiazole rings is 1. The van der Waals surface area contributed by atoms with Crippen LogP contribution in [0.3, 0.4) is 0 Å². The molecule has 0 aliphatic carbocycles. The summed E-state index contributed by atoms with van der Waals surface area (Å²) < 4.78 is 1.39. The van der Waals surface area contributed by atoms with E-state index in [4.69, 9.17) is 5.73 Å². The van der Waals surface area contributed by atoms with Crippen LogP contribution >= 0.6 is 11.3 Å². The molecule has 0 saturated carbocycles. The highest BCUT2D eigenvalue weighted by atomic mass is 32.1. The molecule has 0 bridgehead atoms. The number of hydrogen-bond donors (Lipinski definition) is 1. The van der Waals surface area contributed by atoms with Crippen molar-refractivity contribution in [1.82, 2.24) is 39.3 Å². The van der Waals surface area contributed by atoms with Crippen molar-refractivity contribution in [3.8, 4) is 10.8 Å². The molecule has 2 amide bonds. The molecule has 12 nitrogen and oxygen atoms in total. The SMILES string of the molecule is Nc1nc(N2CCC[C@H]2C(=O)N2CCN(C(=O)c3ccccc3)CC2)nc2nc(-c3nccs3)nn12. The van der Waals surface area contributed by atoms with Crippen LogP contribution in [0.1, 0.15) is 23.2 Å². The zero-order valence-electron chi connectivity index (χ0n) is 19.4. The van der Waals surface area contributed by atoms with E-state index >= 15 is 0 Å². The van der Waals surface area contributed by atoms with E-state index in [0.29, 0.717) is 67.3 Å². The van der Waals surface area contributed by atoms with E-state index in [1.807, 2.05) is 45.5 Å². The number of anilines is 2. The summed E-state index contributed by atoms with van der Waals surface area (Å²) in [5.74, 6) is 1.27. The van der Waals surface area contributed by atoms with Gasteiger partial charge in [-0.2, -0.15) is 19.5 Å². The summed E-state index contributed by atoms with van der Waals surface area (Å²) in [6, 6.07) is 8.84. The zero-order chi connectivity index (χ0) is 24.6. The Morgan fingerprint density at radius 1 is 0.972 bits per heavy atom. The number of amides is 2. The fourth-order valence-electron chi connectivity index (χ4n) is 4.71. The third kappa shape index (κ3) is 4.00. The molecule has 36 heavy (non-hydrogen) atoms. The summed E-state index contributed by atoms with van der Waals surface area (Å²) in [5.41, 5.74) is 6.84. The van der Waals surface area contributed by atoms with Crippen LogP contribution in [0.2, 0.25) is 0 Å². The van der Waals surface area contributed by atoms with E-state index < -0.39 is 0 Å². The van der Waals surface area contributed by atoms with Gasteiger partial charge in [-0.25, -0.2) is 4.98 Å². The highest BCUT2D eigenvalue weighted by Crippen LogP contribution is 2.26. The molecule has 0 spiro atoms. The lowest BCUT2D eigenvalue weighted by Gasteiger charge is -2.37. The fourth-order valence-corrected chi connectivity index (χ4v) is 5.28. The van der Waals surface area contributed by atoms with Gasteiger partial charge in [0.1, 0.15) is 6.04 Å². The standard InChI is InChI=1S/C23H24N10O2S/c24-21-27-22(28-23-26-17(29-33(21)23)18-25-8-14-36-18)32-9-4-7-16(32)20(35)31-12-10-30(11-13-31)19(34)15-5-2-1-3-6-15/h1-3,5-6,8,14,16H,4,7,9-13H2,(H2,24,26,27,28,29)/t16-/m0/s1. The highest BCUT2D eigenvalue weighted by Gasteiger charge is 2.37. The number of nitrogen functional groups attached to an aromatic ring is 1. The monoisotopic (exact) mass is 504 g/mol. The van der Waals surface area contributed by atoms with Crippen molar-refractivity contribution in [3.05, 3.63) is 47.5 Å². The number of hydrogen-bond acceptors (Lipinski definition) is 10. The molecule has 2 aliphatic rings. The van der Waals surface area contributed by atoms with Gasteiger partial charge in [-0.3, -0.25) is 9.59 Å². The molecule has 1 aromatic carbocycles. The lowest BCUT2D eigenvalue weighted by atomic mass is 10.1. The average molecular weight is 505 g/mol. The fraction of sp³-hybridized carbons (Fsp3) is 0.348. The Kier molecular flexibility index (Phi) is 5.68. The molecular formula is C23H24N10O2S. The molecule has 5 heterocycles. The summed E-state index contributed by atoms with van der Waals surface area (Å²) in [7, 11) is 0. The minimum absolute atomic E-state index is 0.00667. The summed E-state index contributed by atoms with van der Waals surface area (Å²) in [4.78, 5) is 49.5. The Balaban J connectivity index is 1.17. The van der Waals surface area contributed by atoms with E-state index in [9.17, 15) is 9.59 Å². The van der Waals surface area contributed by atoms with Crippen LogP contribution in [0.4, 0.5) is 11.9 Å². The summed E-state index contributed by atoms with van der Waals surface area (Å²) >= 11 is 1.42. The van der Waals surface area contributed by atoms with Gasteiger partial charge in [-0.15, -0.1) is 16.4 Å². The molecule has 184 valence electrons. The van der Waals surface area contributed by atoms with Gasteiger partial charge < -0.3 is 20.4 Å². The first-order chi connectivity index (χ1) is 17.6. The Morgan fingerprint density at radius 2 is 1.75 bits per heavy atom. The number of aromatic nitrogens is 6. The molecule has 0 radical (unpaired) electrons. The summed E-state index contributed by atoms with van der Waals surface area (Å²) in [6.07, 6.45) is 3.23. The van der Waals surface area contributed by atoms with Crippen molar-refractivity contribution in [1.29, 1.82) is 0 Å². The Morgan fingerprint density at radius 3 is 2.50 bits per heavy atom. The van der Waals surface area contributed by atoms with Crippen molar-refractivity contribution in [3.63, 3.8) is 0 Å². The first-order valence-electron chi connectivity index (χ1n) is 11.8. The number of rotatable bonds is 4. The largest absolute Gasteiger partial charge is 0.368 e. The van der Waals surface area contributed by atoms with Gasteiger partial charge in [-0.05, 0) is 25.0 Å². The van der Waals surface area contributed by atoms with Crippen LogP contribution in [0.25, 0.3) is 16.6 Å². The molecule has 2 saturated heterocycles. The predicted octanol–water partition coefficient (Wildman–Crippen LogP) is 1.18. The smallest absolute Gasteiger partial charge is 0.259 e. The zero-order valence-corrected chi connectivity index (χ0v) is 20.2. The minimum Gasteiger partial charge on any atom is -0.368 e. The van der Waals surface area contributed by atoms with Crippen LogP contribution in [0.5, 0.6) is 0 Å². The molecule has 13 heteroatoms. The van der Waals surface area contributed by atoms with E-state index in [1.54, 1.807) is 11.1 Å². The van der Waals surface area contributed by atoms with Crippen molar-refractivity contribution in [2.24, 2.45) is 0 Å². The van der Waals surface area contributed by atoms with Gasteiger partial charge in [0.2, 0.25) is 23.6 Å². The number of carbonyl (C=O) groups excluding carboxylic acids is 2. The molecule has 2 aliphatic heterocycles. The Labute approximate surface area is 210 Å². The number of nitrogens with zero attached hydrogens (tertiary/aromatic N) is 9. The quantitative estimate of drug-likeness (QED) is 0.434. The highest BCUT2D eigenvalue weighted by molar-refractivity contribution is 7.13. The molecular weight excluding hydrogens is 480 g/mol. The summed E-state index contributed by atoms with van der Waals surface area (Å²) in [5, 5.41) is 6.88. The normalized spacial score (nSPS) is 18.2. The first-order valence-corrected chi connectivity index (χ1v) is 12.7. The van der Waals surface area contributed by atoms with Crippen LogP contribution in [-0.4, -0.2) is 89.9 Å². The maximum atomic E-state index is 13.5. The molecule has 0 unspecified atom stereocenters. The van der Waals surface area contributed by atoms with Crippen molar-refractivity contribution >= 4 is 40.8 Å². The van der Waals surface area contributed by atoms with E-state index in [1.165, 1.54) is 15.9 Å². The maximum Gasteiger partial charge on any atom is 0.259 e. The van der Waals surface area contributed by atoms with Crippen LogP contribution in [-0.2, 0) is 4.79 Å². The van der Waals surface area contributed by atoms with E-state index in [-0.39, 0.29) is 23.8 Å². The van der Waals surface area contributed by atoms with Gasteiger partial charge >= 0.3 is 0 Å². The van der Waals surface area contributed by atoms with Crippen molar-refractivity contribution in [2.75, 3.05) is 43.4 Å². The van der Waals surface area contributed by atoms with Gasteiger partial charge in [-0.1, -0.05) is 18.2 Å². The Hall–Kier alpha value is -4.13. The number of fused-ring (bicyclic) bond motifs is 1. The second-order valence-electron chi connectivity index (χ2n) is 8.70. The van der Waals surface area contributed by atoms with E-state index in [2.05, 4.69) is 25.0 Å². The third-order valence-corrected chi connectivity index (χ3v) is 7.31. The molecule has 4 aromatic rings. The van der Waals surface area contributed by atoms with Gasteiger partial charge in [0.25, 0.3) is 11.7 Å². The van der Waals surface area contributed by atoms with Gasteiger partial charge in [0.15, 0.2) is 5.01 Å². The van der Waals surface area contributed by atoms with Crippen molar-refractivity contribution in [2.45, 2.75) is 18.9 Å². The van der Waals surface area contributed by atoms with E-state index in [0.717, 1.165) is 6.42 Å². The number of piperazine rings is 1. The van der Waals surface area contributed by atoms with Gasteiger partial charge in [0, 0.05) is 49.9 Å². The topological polar surface area (TPSA) is 139 Å². The maximum absolute atomic E-state index is 13.5.